The number of cyclic esters (lactones) is 2. The van der Waals surface area contributed by atoms with E-state index in [2.05, 4.69) is 57.5 Å². The van der Waals surface area contributed by atoms with Crippen LogP contribution in [-0.2, 0) is 63.3 Å². The van der Waals surface area contributed by atoms with Crippen LogP contribution in [0.3, 0.4) is 0 Å². The number of esters is 2. The molecule has 11 atom stereocenters. The lowest BCUT2D eigenvalue weighted by Crippen LogP contribution is -2.61. The Morgan fingerprint density at radius 3 is 1.96 bits per heavy atom. The highest BCUT2D eigenvalue weighted by atomic mass is 28.4. The van der Waals surface area contributed by atoms with Gasteiger partial charge in [-0.15, -0.1) is 0 Å². The maximum absolute atomic E-state index is 15.3. The van der Waals surface area contributed by atoms with Crippen molar-refractivity contribution >= 4 is 50.0 Å². The molecule has 444 valence electrons. The second-order valence-electron chi connectivity index (χ2n) is 24.3. The Kier molecular flexibility index (Phi) is 26.1. The van der Waals surface area contributed by atoms with Gasteiger partial charge in [-0.05, 0) is 99.0 Å². The lowest BCUT2D eigenvalue weighted by molar-refractivity contribution is -0.182. The maximum atomic E-state index is 15.3. The number of carbonyl (C=O) groups is 7. The van der Waals surface area contributed by atoms with Crippen LogP contribution in [0.25, 0.3) is 0 Å². The number of rotatable bonds is 17. The molecule has 0 unspecified atom stereocenters. The number of hydrogen-bond donors (Lipinski definition) is 3. The van der Waals surface area contributed by atoms with Gasteiger partial charge in [-0.1, -0.05) is 109 Å². The van der Waals surface area contributed by atoms with E-state index in [1.165, 1.54) is 38.0 Å². The number of methoxy groups -OCH3 is 2. The van der Waals surface area contributed by atoms with Crippen LogP contribution in [0.15, 0.2) is 24.3 Å². The summed E-state index contributed by atoms with van der Waals surface area (Å²) in [5.41, 5.74) is -0.186. The first kappa shape index (κ1) is 67.5. The molecule has 0 radical (unpaired) electrons. The van der Waals surface area contributed by atoms with Gasteiger partial charge in [0.1, 0.15) is 60.6 Å². The largest absolute Gasteiger partial charge is 0.497 e. The van der Waals surface area contributed by atoms with Crippen LogP contribution in [0.2, 0.25) is 16.6 Å². The van der Waals surface area contributed by atoms with Gasteiger partial charge in [-0.2, -0.15) is 0 Å². The van der Waals surface area contributed by atoms with Crippen molar-refractivity contribution in [3.05, 3.63) is 29.8 Å². The van der Waals surface area contributed by atoms with Gasteiger partial charge in [-0.25, -0.2) is 9.59 Å². The standard InChI is InChI=1S/C58H99N5O14Si/c1-21-38(12)48-46(77-78(35(6)7,36(8)9)37(10)11)31-47(64)75-50(34(4)5)51(73-32-71-19)39(13)52(65)59-43(29-33(2)3)54(67)63-28-22-23-44(63)55(68)62(18)45(30-41-24-26-42(72-20)27-25-41)56(69)74-40(14)49(53(66)60-48)61-57(70)76-58(15,16)17/h24-27,33-40,43-46,48-51H,21-23,28-32H2,1-20H3,(H,59,65)(H,60,66)(H,61,70)/t38-,39-,40+,43-,44-,45-,46-,48+,49-,50-,51-/m0/s1. The predicted octanol–water partition coefficient (Wildman–Crippen LogP) is 8.10. The lowest BCUT2D eigenvalue weighted by atomic mass is 9.90. The molecule has 2 aliphatic heterocycles. The van der Waals surface area contributed by atoms with E-state index in [0.717, 1.165) is 0 Å². The van der Waals surface area contributed by atoms with Gasteiger partial charge < -0.3 is 58.6 Å². The summed E-state index contributed by atoms with van der Waals surface area (Å²) < 4.78 is 42.9. The molecule has 2 heterocycles. The molecule has 19 nitrogen and oxygen atoms in total. The topological polar surface area (TPSA) is 227 Å². The van der Waals surface area contributed by atoms with Gasteiger partial charge in [0.05, 0.1) is 31.6 Å². The summed E-state index contributed by atoms with van der Waals surface area (Å²) in [6.07, 6.45) is -4.28. The number of nitrogens with zero attached hydrogens (tertiary/aromatic N) is 2. The molecule has 0 saturated carbocycles. The number of carbonyl (C=O) groups excluding carboxylic acids is 7. The zero-order chi connectivity index (χ0) is 59.1. The lowest BCUT2D eigenvalue weighted by Gasteiger charge is -2.47. The van der Waals surface area contributed by atoms with Crippen LogP contribution < -0.4 is 20.7 Å². The second-order valence-corrected chi connectivity index (χ2v) is 29.7. The Labute approximate surface area is 467 Å². The smallest absolute Gasteiger partial charge is 0.408 e. The third-order valence-corrected chi connectivity index (χ3v) is 21.6. The average molecular weight is 1120 g/mol. The summed E-state index contributed by atoms with van der Waals surface area (Å²) in [7, 11) is 1.57. The fourth-order valence-electron chi connectivity index (χ4n) is 11.2. The number of amides is 5. The molecule has 0 aliphatic carbocycles. The number of benzene rings is 1. The second kappa shape index (κ2) is 30.1. The summed E-state index contributed by atoms with van der Waals surface area (Å²) in [5, 5.41) is 8.85. The van der Waals surface area contributed by atoms with Crippen LogP contribution >= 0.6 is 0 Å². The number of ether oxygens (including phenoxy) is 6. The zero-order valence-corrected chi connectivity index (χ0v) is 51.8. The van der Waals surface area contributed by atoms with Crippen molar-refractivity contribution in [3.63, 3.8) is 0 Å². The molecule has 0 spiro atoms. The summed E-state index contributed by atoms with van der Waals surface area (Å²) >= 11 is 0. The molecule has 1 aromatic rings. The Morgan fingerprint density at radius 2 is 1.45 bits per heavy atom. The van der Waals surface area contributed by atoms with Crippen LogP contribution in [0.5, 0.6) is 5.75 Å². The zero-order valence-electron chi connectivity index (χ0n) is 50.8. The molecule has 3 rings (SSSR count). The Balaban J connectivity index is 2.44. The highest BCUT2D eigenvalue weighted by molar-refractivity contribution is 6.77. The SMILES string of the molecule is CC[C@H](C)[C@H]1NC(=O)[C@@H](NC(=O)OC(C)(C)C)[C@@H](C)OC(=O)[C@H](Cc2ccc(OC)cc2)N(C)C(=O)[C@@H]2CCCN2C(=O)[C@H](CC(C)C)NC(=O)[C@@H](C)[C@H](OCOC)[C@H](C(C)C)OC(=O)C[C@@H]1O[Si](C(C)C)(C(C)C)C(C)C. The first-order valence-corrected chi connectivity index (χ1v) is 30.5. The van der Waals surface area contributed by atoms with E-state index in [0.29, 0.717) is 24.2 Å². The van der Waals surface area contributed by atoms with Crippen molar-refractivity contribution in [1.29, 1.82) is 0 Å². The molecule has 2 saturated heterocycles. The van der Waals surface area contributed by atoms with Crippen molar-refractivity contribution in [1.82, 2.24) is 25.8 Å². The molecule has 2 fully saturated rings. The van der Waals surface area contributed by atoms with Crippen molar-refractivity contribution in [2.24, 2.45) is 23.7 Å². The average Bonchev–Trinajstić information content (AvgIpc) is 3.85. The first-order valence-electron chi connectivity index (χ1n) is 28.3. The molecule has 3 N–H and O–H groups in total. The molecule has 20 heteroatoms. The number of alkyl carbamates (subject to hydrolysis) is 1. The third kappa shape index (κ3) is 18.1. The monoisotopic (exact) mass is 1120 g/mol. The molecule has 0 aromatic heterocycles. The van der Waals surface area contributed by atoms with E-state index in [4.69, 9.17) is 32.8 Å². The maximum Gasteiger partial charge on any atom is 0.408 e. The van der Waals surface area contributed by atoms with E-state index in [1.54, 1.807) is 52.0 Å². The third-order valence-electron chi connectivity index (χ3n) is 15.5. The van der Waals surface area contributed by atoms with Gasteiger partial charge in [0, 0.05) is 27.1 Å². The van der Waals surface area contributed by atoms with Gasteiger partial charge in [0.2, 0.25) is 31.9 Å². The number of likely N-dealkylation sites (N-methyl/N-ethyl adjacent to an activating group) is 1. The molecule has 0 bridgehead atoms. The van der Waals surface area contributed by atoms with E-state index >= 15 is 4.79 Å². The highest BCUT2D eigenvalue weighted by Gasteiger charge is 2.50. The minimum atomic E-state index is -2.88. The van der Waals surface area contributed by atoms with Crippen molar-refractivity contribution in [3.8, 4) is 5.75 Å². The summed E-state index contributed by atoms with van der Waals surface area (Å²) in [5.74, 6) is -5.10. The van der Waals surface area contributed by atoms with Crippen LogP contribution in [0.1, 0.15) is 155 Å². The molecule has 1 aromatic carbocycles. The van der Waals surface area contributed by atoms with Gasteiger partial charge >= 0.3 is 18.0 Å². The van der Waals surface area contributed by atoms with Crippen molar-refractivity contribution < 1.29 is 66.4 Å². The van der Waals surface area contributed by atoms with Crippen LogP contribution in [0.4, 0.5) is 4.79 Å². The fourth-order valence-corrected chi connectivity index (χ4v) is 16.8. The van der Waals surface area contributed by atoms with E-state index < -0.39 is 122 Å². The van der Waals surface area contributed by atoms with Crippen LogP contribution in [-0.4, -0.2) is 155 Å². The minimum Gasteiger partial charge on any atom is -0.497 e. The molecule has 2 aliphatic rings. The van der Waals surface area contributed by atoms with Gasteiger partial charge in [-0.3, -0.25) is 24.0 Å². The van der Waals surface area contributed by atoms with E-state index in [-0.39, 0.29) is 67.5 Å². The van der Waals surface area contributed by atoms with Crippen molar-refractivity contribution in [2.75, 3.05) is 34.6 Å². The quantitative estimate of drug-likeness (QED) is 0.0580. The summed E-state index contributed by atoms with van der Waals surface area (Å²) in [4.78, 5) is 106. The number of nitrogens with one attached hydrogen (secondary N) is 3. The first-order chi connectivity index (χ1) is 36.3. The number of fused-ring (bicyclic) bond motifs is 1. The molecular weight excluding hydrogens is 1020 g/mol. The minimum absolute atomic E-state index is 0.0409. The Morgan fingerprint density at radius 1 is 0.846 bits per heavy atom. The normalized spacial score (nSPS) is 26.7. The highest BCUT2D eigenvalue weighted by Crippen LogP contribution is 2.44. The Bertz CT molecular complexity index is 2110. The number of hydrogen-bond acceptors (Lipinski definition) is 14. The fraction of sp³-hybridized carbons (Fsp3) is 0.776. The molecule has 5 amide bonds. The molecule has 78 heavy (non-hydrogen) atoms. The Hall–Kier alpha value is -4.79. The summed E-state index contributed by atoms with van der Waals surface area (Å²) in [6.45, 7) is 32.3. The van der Waals surface area contributed by atoms with Gasteiger partial charge in [0.15, 0.2) is 0 Å². The van der Waals surface area contributed by atoms with Gasteiger partial charge in [0.25, 0.3) is 0 Å². The van der Waals surface area contributed by atoms with Crippen LogP contribution in [0, 0.1) is 23.7 Å². The predicted molar refractivity (Wildman–Crippen MR) is 301 cm³/mol. The summed E-state index contributed by atoms with van der Waals surface area (Å²) in [6, 6.07) is 1.13. The van der Waals surface area contributed by atoms with E-state index in [9.17, 15) is 28.8 Å². The van der Waals surface area contributed by atoms with E-state index in [1.807, 2.05) is 41.5 Å². The van der Waals surface area contributed by atoms with Crippen molar-refractivity contribution in [2.45, 2.75) is 233 Å². The molecular formula is C58H99N5O14Si.